The molecule has 0 saturated carbocycles. The Bertz CT molecular complexity index is 1010. The van der Waals surface area contributed by atoms with Crippen molar-refractivity contribution in [2.75, 3.05) is 48.0 Å². The topological polar surface area (TPSA) is 44.7 Å². The van der Waals surface area contributed by atoms with Crippen LogP contribution in [0.2, 0.25) is 0 Å². The van der Waals surface area contributed by atoms with Gasteiger partial charge in [0.1, 0.15) is 17.9 Å². The molecule has 162 valence electrons. The van der Waals surface area contributed by atoms with E-state index >= 15 is 0 Å². The number of methoxy groups -OCH3 is 1. The van der Waals surface area contributed by atoms with Crippen LogP contribution in [0.3, 0.4) is 0 Å². The minimum Gasteiger partial charge on any atom is -0.495 e. The van der Waals surface area contributed by atoms with Gasteiger partial charge >= 0.3 is 0 Å². The van der Waals surface area contributed by atoms with Gasteiger partial charge in [-0.3, -0.25) is 4.90 Å². The third-order valence-electron chi connectivity index (χ3n) is 5.58. The summed E-state index contributed by atoms with van der Waals surface area (Å²) < 4.78 is 5.55. The fourth-order valence-electron chi connectivity index (χ4n) is 4.02. The van der Waals surface area contributed by atoms with Crippen molar-refractivity contribution in [2.24, 2.45) is 0 Å². The third-order valence-corrected chi connectivity index (χ3v) is 6.57. The van der Waals surface area contributed by atoms with Crippen molar-refractivity contribution in [3.63, 3.8) is 0 Å². The van der Waals surface area contributed by atoms with Crippen molar-refractivity contribution in [3.8, 4) is 5.75 Å². The number of anilines is 3. The lowest BCUT2D eigenvalue weighted by Gasteiger charge is -2.37. The Morgan fingerprint density at radius 2 is 1.84 bits per heavy atom. The molecular weight excluding hydrogens is 406 g/mol. The first-order valence-electron chi connectivity index (χ1n) is 10.6. The number of ether oxygens (including phenoxy) is 1. The molecule has 0 unspecified atom stereocenters. The average Bonchev–Trinajstić information content (AvgIpc) is 3.15. The molecular formula is C24H29N5OS. The van der Waals surface area contributed by atoms with Crippen LogP contribution in [0.1, 0.15) is 20.3 Å². The molecule has 0 amide bonds. The first-order chi connectivity index (χ1) is 15.2. The minimum atomic E-state index is 0.892. The van der Waals surface area contributed by atoms with Gasteiger partial charge in [0.05, 0.1) is 22.7 Å². The van der Waals surface area contributed by atoms with Crippen LogP contribution in [0.15, 0.2) is 71.0 Å². The van der Waals surface area contributed by atoms with Crippen LogP contribution >= 0.6 is 11.8 Å². The van der Waals surface area contributed by atoms with Gasteiger partial charge in [-0.25, -0.2) is 9.97 Å². The van der Waals surface area contributed by atoms with Crippen LogP contribution in [-0.2, 0) is 0 Å². The number of para-hydroxylation sites is 2. The number of thioether (sulfide) groups is 1. The summed E-state index contributed by atoms with van der Waals surface area (Å²) in [4.78, 5) is 17.3. The van der Waals surface area contributed by atoms with E-state index in [4.69, 9.17) is 4.74 Å². The molecule has 1 saturated heterocycles. The molecule has 0 atom stereocenters. The van der Waals surface area contributed by atoms with Gasteiger partial charge < -0.3 is 14.5 Å². The molecule has 6 nitrogen and oxygen atoms in total. The van der Waals surface area contributed by atoms with E-state index < -0.39 is 0 Å². The number of piperazine rings is 1. The van der Waals surface area contributed by atoms with E-state index in [0.717, 1.165) is 65.6 Å². The van der Waals surface area contributed by atoms with E-state index in [1.54, 1.807) is 25.2 Å². The van der Waals surface area contributed by atoms with E-state index in [9.17, 15) is 0 Å². The number of hydrogen-bond acceptors (Lipinski definition) is 7. The number of fused-ring (bicyclic) bond motifs is 1. The van der Waals surface area contributed by atoms with Crippen molar-refractivity contribution in [1.82, 2.24) is 9.97 Å². The smallest absolute Gasteiger partial charge is 0.157 e. The second-order valence-corrected chi connectivity index (χ2v) is 8.45. The van der Waals surface area contributed by atoms with Gasteiger partial charge in [-0.1, -0.05) is 49.5 Å². The first kappa shape index (κ1) is 21.3. The minimum absolute atomic E-state index is 0.892. The Labute approximate surface area is 188 Å². The van der Waals surface area contributed by atoms with Crippen molar-refractivity contribution >= 4 is 29.1 Å². The zero-order chi connectivity index (χ0) is 21.8. The summed E-state index contributed by atoms with van der Waals surface area (Å²) in [6.07, 6.45) is 8.81. The van der Waals surface area contributed by atoms with Crippen molar-refractivity contribution in [1.29, 1.82) is 0 Å². The van der Waals surface area contributed by atoms with E-state index in [1.807, 2.05) is 25.1 Å². The number of benzene rings is 1. The fourth-order valence-corrected chi connectivity index (χ4v) is 5.06. The molecule has 0 bridgehead atoms. The van der Waals surface area contributed by atoms with Crippen LogP contribution < -0.4 is 19.4 Å². The normalized spacial score (nSPS) is 16.9. The summed E-state index contributed by atoms with van der Waals surface area (Å²) >= 11 is 1.67. The lowest BCUT2D eigenvalue weighted by Crippen LogP contribution is -2.47. The summed E-state index contributed by atoms with van der Waals surface area (Å²) in [7, 11) is 1.73. The number of nitrogens with zero attached hydrogens (tertiary/aromatic N) is 5. The maximum absolute atomic E-state index is 5.55. The summed E-state index contributed by atoms with van der Waals surface area (Å²) in [6, 6.07) is 8.21. The predicted octanol–water partition coefficient (Wildman–Crippen LogP) is 5.07. The zero-order valence-electron chi connectivity index (χ0n) is 18.4. The van der Waals surface area contributed by atoms with E-state index in [0.29, 0.717) is 0 Å². The average molecular weight is 436 g/mol. The van der Waals surface area contributed by atoms with Gasteiger partial charge in [0, 0.05) is 31.9 Å². The molecule has 0 aliphatic carbocycles. The molecule has 2 aromatic rings. The molecule has 1 aromatic heterocycles. The summed E-state index contributed by atoms with van der Waals surface area (Å²) in [6.45, 7) is 12.1. The number of aromatic nitrogens is 2. The van der Waals surface area contributed by atoms with Gasteiger partial charge in [0.2, 0.25) is 0 Å². The van der Waals surface area contributed by atoms with Crippen molar-refractivity contribution < 1.29 is 4.74 Å². The molecule has 3 heterocycles. The molecule has 7 heteroatoms. The highest BCUT2D eigenvalue weighted by Crippen LogP contribution is 2.50. The summed E-state index contributed by atoms with van der Waals surface area (Å²) in [5.74, 6) is 2.85. The van der Waals surface area contributed by atoms with E-state index in [1.165, 1.54) is 5.70 Å². The molecule has 0 spiro atoms. The lowest BCUT2D eigenvalue weighted by atomic mass is 10.2. The zero-order valence-corrected chi connectivity index (χ0v) is 19.2. The molecule has 1 aromatic carbocycles. The highest BCUT2D eigenvalue weighted by Gasteiger charge is 2.33. The third kappa shape index (κ3) is 4.14. The van der Waals surface area contributed by atoms with Gasteiger partial charge in [0.15, 0.2) is 5.82 Å². The lowest BCUT2D eigenvalue weighted by molar-refractivity contribution is 0.413. The molecule has 2 aliphatic heterocycles. The van der Waals surface area contributed by atoms with Crippen LogP contribution in [0.4, 0.5) is 17.3 Å². The Balaban J connectivity index is 1.56. The second-order valence-electron chi connectivity index (χ2n) is 7.36. The Morgan fingerprint density at radius 1 is 1.13 bits per heavy atom. The van der Waals surface area contributed by atoms with Crippen LogP contribution in [0.25, 0.3) is 0 Å². The van der Waals surface area contributed by atoms with Crippen LogP contribution in [0, 0.1) is 0 Å². The Hall–Kier alpha value is -2.93. The van der Waals surface area contributed by atoms with E-state index in [2.05, 4.69) is 62.5 Å². The molecule has 4 rings (SSSR count). The van der Waals surface area contributed by atoms with Gasteiger partial charge in [0.25, 0.3) is 0 Å². The monoisotopic (exact) mass is 435 g/mol. The molecule has 0 N–H and O–H groups in total. The van der Waals surface area contributed by atoms with E-state index in [-0.39, 0.29) is 0 Å². The standard InChI is InChI=1S/C24H29N5OS/c1-5-7-10-19(6-2)29-18(3)31-22-23(25-17-26-24(22)29)28-15-13-27(14-16-28)20-11-8-9-12-21(20)30-4/h5,7-12,17H,3,6,13-16H2,1-2,4H3. The molecule has 0 radical (unpaired) electrons. The Kier molecular flexibility index (Phi) is 6.51. The SMILES string of the molecule is C=C1Sc2c(N3CCN(c4ccccc4OC)CC3)ncnc2N1C(=CC=CC)CC. The quantitative estimate of drug-likeness (QED) is 0.587. The molecule has 31 heavy (non-hydrogen) atoms. The van der Waals surface area contributed by atoms with Gasteiger partial charge in [-0.15, -0.1) is 0 Å². The summed E-state index contributed by atoms with van der Waals surface area (Å²) in [5.41, 5.74) is 2.33. The van der Waals surface area contributed by atoms with Gasteiger partial charge in [-0.2, -0.15) is 0 Å². The first-order valence-corrected chi connectivity index (χ1v) is 11.5. The highest BCUT2D eigenvalue weighted by atomic mass is 32.2. The maximum Gasteiger partial charge on any atom is 0.157 e. The largest absolute Gasteiger partial charge is 0.495 e. The highest BCUT2D eigenvalue weighted by molar-refractivity contribution is 8.03. The molecule has 1 fully saturated rings. The fraction of sp³-hybridized carbons (Fsp3) is 0.333. The number of allylic oxidation sites excluding steroid dienone is 4. The maximum atomic E-state index is 5.55. The van der Waals surface area contributed by atoms with Crippen molar-refractivity contribution in [3.05, 3.63) is 66.1 Å². The summed E-state index contributed by atoms with van der Waals surface area (Å²) in [5, 5.41) is 0.974. The van der Waals surface area contributed by atoms with Crippen LogP contribution in [0.5, 0.6) is 5.75 Å². The number of rotatable bonds is 6. The van der Waals surface area contributed by atoms with Crippen molar-refractivity contribution in [2.45, 2.75) is 25.2 Å². The molecule has 2 aliphatic rings. The Morgan fingerprint density at radius 3 is 2.55 bits per heavy atom. The predicted molar refractivity (Wildman–Crippen MR) is 130 cm³/mol. The number of hydrogen-bond donors (Lipinski definition) is 0. The van der Waals surface area contributed by atoms with Crippen LogP contribution in [-0.4, -0.2) is 43.3 Å². The van der Waals surface area contributed by atoms with Gasteiger partial charge in [-0.05, 0) is 31.6 Å². The second kappa shape index (κ2) is 9.47.